The second-order valence-corrected chi connectivity index (χ2v) is 7.28. The maximum Gasteiger partial charge on any atom is 0.274 e. The Morgan fingerprint density at radius 2 is 1.63 bits per heavy atom. The number of aromatic nitrogens is 4. The van der Waals surface area contributed by atoms with Crippen LogP contribution in [0.25, 0.3) is 17.2 Å². The molecular weight excluding hydrogens is 382 g/mol. The van der Waals surface area contributed by atoms with Gasteiger partial charge in [0.25, 0.3) is 11.3 Å². The summed E-state index contributed by atoms with van der Waals surface area (Å²) in [5.41, 5.74) is 3.80. The summed E-state index contributed by atoms with van der Waals surface area (Å²) in [6.07, 6.45) is 0. The number of rotatable bonds is 5. The molecule has 8 nitrogen and oxygen atoms in total. The quantitative estimate of drug-likeness (QED) is 0.551. The Labute approximate surface area is 172 Å². The van der Waals surface area contributed by atoms with E-state index in [0.717, 1.165) is 30.2 Å². The normalized spacial score (nSPS) is 13.5. The number of nitrogens with one attached hydrogen (secondary N) is 1. The fraction of sp³-hybridized carbons (Fsp3) is 0.227. The minimum atomic E-state index is -0.176. The number of nitrogens with zero attached hydrogens (tertiary/aromatic N) is 4. The van der Waals surface area contributed by atoms with Crippen molar-refractivity contribution in [2.75, 3.05) is 14.2 Å². The Bertz CT molecular complexity index is 1250. The van der Waals surface area contributed by atoms with Crippen LogP contribution in [-0.4, -0.2) is 38.7 Å². The average Bonchev–Trinajstić information content (AvgIpc) is 3.36. The number of H-pyrrole nitrogens is 1. The minimum Gasteiger partial charge on any atom is -0.493 e. The van der Waals surface area contributed by atoms with E-state index in [4.69, 9.17) is 9.47 Å². The molecule has 2 aromatic heterocycles. The maximum absolute atomic E-state index is 12.6. The van der Waals surface area contributed by atoms with Gasteiger partial charge in [-0.25, -0.2) is 4.98 Å². The van der Waals surface area contributed by atoms with Gasteiger partial charge < -0.3 is 9.47 Å². The van der Waals surface area contributed by atoms with Crippen LogP contribution in [0.4, 0.5) is 0 Å². The summed E-state index contributed by atoms with van der Waals surface area (Å²) < 4.78 is 12.2. The third-order valence-corrected chi connectivity index (χ3v) is 5.31. The van der Waals surface area contributed by atoms with Gasteiger partial charge in [-0.2, -0.15) is 9.50 Å². The van der Waals surface area contributed by atoms with Gasteiger partial charge in [-0.1, -0.05) is 30.3 Å². The molecule has 0 aliphatic carbocycles. The van der Waals surface area contributed by atoms with E-state index in [2.05, 4.69) is 20.0 Å². The molecule has 1 aliphatic rings. The lowest BCUT2D eigenvalue weighted by molar-refractivity contribution is 0.272. The second kappa shape index (κ2) is 7.31. The fourth-order valence-corrected chi connectivity index (χ4v) is 3.87. The van der Waals surface area contributed by atoms with E-state index in [1.165, 1.54) is 15.6 Å². The summed E-state index contributed by atoms with van der Waals surface area (Å²) in [7, 11) is 3.27. The summed E-state index contributed by atoms with van der Waals surface area (Å²) >= 11 is 0. The van der Waals surface area contributed by atoms with E-state index in [1.807, 2.05) is 42.5 Å². The zero-order chi connectivity index (χ0) is 20.7. The largest absolute Gasteiger partial charge is 0.493 e. The number of hydrogen-bond acceptors (Lipinski definition) is 6. The highest BCUT2D eigenvalue weighted by Gasteiger charge is 2.23. The predicted molar refractivity (Wildman–Crippen MR) is 112 cm³/mol. The zero-order valence-electron chi connectivity index (χ0n) is 16.8. The molecule has 0 radical (unpaired) electrons. The molecular formula is C22H21N5O3. The van der Waals surface area contributed by atoms with Crippen molar-refractivity contribution in [1.82, 2.24) is 24.5 Å². The van der Waals surface area contributed by atoms with Crippen LogP contribution in [0, 0.1) is 0 Å². The van der Waals surface area contributed by atoms with Gasteiger partial charge in [0.05, 0.1) is 19.9 Å². The second-order valence-electron chi connectivity index (χ2n) is 7.28. The molecule has 0 amide bonds. The molecule has 0 bridgehead atoms. The molecule has 1 N–H and O–H groups in total. The standard InChI is InChI=1S/C22H21N5O3/c1-29-18-8-15-11-26(12-16(15)9-19(18)30-2)13-17-10-20(28)27-22(23-17)24-21(25-27)14-6-4-3-5-7-14/h3-10H,11-13H2,1-2H3,(H,23,24,25). The average molecular weight is 403 g/mol. The Hall–Kier alpha value is -3.65. The minimum absolute atomic E-state index is 0.176. The summed E-state index contributed by atoms with van der Waals surface area (Å²) in [5, 5.41) is 3.03. The molecule has 1 aliphatic heterocycles. The Balaban J connectivity index is 1.41. The number of hydrogen-bond donors (Lipinski definition) is 1. The molecule has 0 saturated heterocycles. The molecule has 0 unspecified atom stereocenters. The van der Waals surface area contributed by atoms with Crippen molar-refractivity contribution in [1.29, 1.82) is 0 Å². The van der Waals surface area contributed by atoms with Gasteiger partial charge in [0, 0.05) is 31.3 Å². The van der Waals surface area contributed by atoms with Crippen molar-refractivity contribution < 1.29 is 9.47 Å². The first-order chi connectivity index (χ1) is 14.6. The molecule has 4 aromatic rings. The fourth-order valence-electron chi connectivity index (χ4n) is 3.87. The molecule has 3 heterocycles. The van der Waals surface area contributed by atoms with Crippen molar-refractivity contribution in [3.05, 3.63) is 75.7 Å². The van der Waals surface area contributed by atoms with Crippen molar-refractivity contribution in [3.63, 3.8) is 0 Å². The molecule has 0 fully saturated rings. The predicted octanol–water partition coefficient (Wildman–Crippen LogP) is 2.62. The summed E-state index contributed by atoms with van der Waals surface area (Å²) in [4.78, 5) is 23.9. The highest BCUT2D eigenvalue weighted by Crippen LogP contribution is 2.35. The van der Waals surface area contributed by atoms with Crippen LogP contribution in [0.3, 0.4) is 0 Å². The molecule has 2 aromatic carbocycles. The van der Waals surface area contributed by atoms with Gasteiger partial charge in [-0.15, -0.1) is 0 Å². The first kappa shape index (κ1) is 18.4. The first-order valence-corrected chi connectivity index (χ1v) is 9.65. The Morgan fingerprint density at radius 3 is 2.27 bits per heavy atom. The number of ether oxygens (including phenoxy) is 2. The van der Waals surface area contributed by atoms with Gasteiger partial charge in [0.2, 0.25) is 0 Å². The lowest BCUT2D eigenvalue weighted by atomic mass is 10.1. The van der Waals surface area contributed by atoms with Crippen LogP contribution in [0.1, 0.15) is 16.8 Å². The van der Waals surface area contributed by atoms with Crippen LogP contribution < -0.4 is 15.0 Å². The van der Waals surface area contributed by atoms with Crippen molar-refractivity contribution in [3.8, 4) is 22.9 Å². The van der Waals surface area contributed by atoms with E-state index < -0.39 is 0 Å². The summed E-state index contributed by atoms with van der Waals surface area (Å²) in [6.45, 7) is 2.07. The van der Waals surface area contributed by atoms with E-state index in [0.29, 0.717) is 23.8 Å². The van der Waals surface area contributed by atoms with Gasteiger partial charge in [-0.3, -0.25) is 14.8 Å². The molecule has 5 rings (SSSR count). The Morgan fingerprint density at radius 1 is 0.967 bits per heavy atom. The molecule has 0 atom stereocenters. The zero-order valence-corrected chi connectivity index (χ0v) is 16.8. The highest BCUT2D eigenvalue weighted by molar-refractivity contribution is 5.56. The highest BCUT2D eigenvalue weighted by atomic mass is 16.5. The summed E-state index contributed by atoms with van der Waals surface area (Å²) in [5.74, 6) is 2.43. The SMILES string of the molecule is COc1cc2c(cc1OC)CN(Cc1cc(=O)n3[nH]c(-c4ccccc4)nc3n1)C2. The number of fused-ring (bicyclic) bond motifs is 2. The molecule has 8 heteroatoms. The number of methoxy groups -OCH3 is 2. The molecule has 152 valence electrons. The Kier molecular flexibility index (Phi) is 4.48. The molecule has 30 heavy (non-hydrogen) atoms. The van der Waals surface area contributed by atoms with E-state index in [1.54, 1.807) is 20.3 Å². The lowest BCUT2D eigenvalue weighted by Crippen LogP contribution is -2.21. The topological polar surface area (TPSA) is 84.8 Å². The lowest BCUT2D eigenvalue weighted by Gasteiger charge is -2.13. The van der Waals surface area contributed by atoms with Gasteiger partial charge >= 0.3 is 0 Å². The number of benzene rings is 2. The molecule has 0 spiro atoms. The first-order valence-electron chi connectivity index (χ1n) is 9.65. The third-order valence-electron chi connectivity index (χ3n) is 5.31. The van der Waals surface area contributed by atoms with Gasteiger partial charge in [0.15, 0.2) is 17.3 Å². The van der Waals surface area contributed by atoms with Crippen LogP contribution in [0.5, 0.6) is 11.5 Å². The van der Waals surface area contributed by atoms with E-state index in [-0.39, 0.29) is 5.56 Å². The monoisotopic (exact) mass is 403 g/mol. The van der Waals surface area contributed by atoms with Crippen molar-refractivity contribution in [2.45, 2.75) is 19.6 Å². The van der Waals surface area contributed by atoms with Crippen LogP contribution in [0.2, 0.25) is 0 Å². The number of aromatic amines is 1. The van der Waals surface area contributed by atoms with Crippen LogP contribution >= 0.6 is 0 Å². The van der Waals surface area contributed by atoms with Crippen molar-refractivity contribution in [2.24, 2.45) is 0 Å². The van der Waals surface area contributed by atoms with Crippen LogP contribution in [0.15, 0.2) is 53.3 Å². The third kappa shape index (κ3) is 3.21. The van der Waals surface area contributed by atoms with E-state index in [9.17, 15) is 4.79 Å². The smallest absolute Gasteiger partial charge is 0.274 e. The maximum atomic E-state index is 12.6. The van der Waals surface area contributed by atoms with Gasteiger partial charge in [0.1, 0.15) is 0 Å². The van der Waals surface area contributed by atoms with Crippen molar-refractivity contribution >= 4 is 5.78 Å². The molecule has 0 saturated carbocycles. The van der Waals surface area contributed by atoms with E-state index >= 15 is 0 Å². The van der Waals surface area contributed by atoms with Crippen LogP contribution in [-0.2, 0) is 19.6 Å². The van der Waals surface area contributed by atoms with Gasteiger partial charge in [-0.05, 0) is 23.3 Å². The summed E-state index contributed by atoms with van der Waals surface area (Å²) in [6, 6.07) is 15.3.